The molecule has 1 aromatic carbocycles. The van der Waals surface area contributed by atoms with Crippen LogP contribution in [0.5, 0.6) is 0 Å². The number of hydrogen-bond acceptors (Lipinski definition) is 6. The number of fused-ring (bicyclic) bond motifs is 1. The lowest BCUT2D eigenvalue weighted by atomic mass is 10.0. The summed E-state index contributed by atoms with van der Waals surface area (Å²) < 4.78 is 0. The van der Waals surface area contributed by atoms with E-state index in [4.69, 9.17) is 0 Å². The van der Waals surface area contributed by atoms with Gasteiger partial charge in [-0.2, -0.15) is 0 Å². The zero-order chi connectivity index (χ0) is 18.3. The Morgan fingerprint density at radius 3 is 2.42 bits per heavy atom. The van der Waals surface area contributed by atoms with Crippen molar-refractivity contribution in [1.82, 2.24) is 15.5 Å². The lowest BCUT2D eigenvalue weighted by Gasteiger charge is -2.27. The van der Waals surface area contributed by atoms with E-state index in [1.165, 1.54) is 0 Å². The predicted molar refractivity (Wildman–Crippen MR) is 92.6 cm³/mol. The minimum absolute atomic E-state index is 0.117. The molecule has 26 heavy (non-hydrogen) atoms. The van der Waals surface area contributed by atoms with Crippen molar-refractivity contribution in [2.45, 2.75) is 37.8 Å². The first-order valence-corrected chi connectivity index (χ1v) is 8.87. The quantitative estimate of drug-likeness (QED) is 0.670. The smallest absolute Gasteiger partial charge is 0.262 e. The third-order valence-electron chi connectivity index (χ3n) is 5.15. The van der Waals surface area contributed by atoms with Gasteiger partial charge < -0.3 is 10.6 Å². The van der Waals surface area contributed by atoms with Crippen LogP contribution in [0.4, 0.5) is 5.69 Å². The maximum absolute atomic E-state index is 12.8. The van der Waals surface area contributed by atoms with Crippen LogP contribution in [-0.4, -0.2) is 53.7 Å². The molecule has 0 radical (unpaired) electrons. The molecule has 0 aromatic heterocycles. The summed E-state index contributed by atoms with van der Waals surface area (Å²) in [5.41, 5.74) is 1.40. The molecule has 0 aliphatic carbocycles. The van der Waals surface area contributed by atoms with Crippen molar-refractivity contribution in [1.29, 1.82) is 0 Å². The van der Waals surface area contributed by atoms with Crippen LogP contribution in [0.3, 0.4) is 0 Å². The molecule has 3 aliphatic rings. The zero-order valence-electron chi connectivity index (χ0n) is 14.2. The summed E-state index contributed by atoms with van der Waals surface area (Å²) in [6.45, 7) is 1.90. The Kier molecular flexibility index (Phi) is 4.20. The number of benzene rings is 1. The molecule has 2 fully saturated rings. The molecule has 4 amide bonds. The highest BCUT2D eigenvalue weighted by Crippen LogP contribution is 2.30. The summed E-state index contributed by atoms with van der Waals surface area (Å²) in [7, 11) is 0. The summed E-state index contributed by atoms with van der Waals surface area (Å²) in [5, 5.41) is 8.90. The zero-order valence-corrected chi connectivity index (χ0v) is 14.2. The number of carbonyl (C=O) groups excluding carboxylic acids is 4. The van der Waals surface area contributed by atoms with E-state index in [-0.39, 0.29) is 18.7 Å². The van der Waals surface area contributed by atoms with Crippen molar-refractivity contribution in [3.8, 4) is 0 Å². The van der Waals surface area contributed by atoms with Crippen molar-refractivity contribution in [2.75, 3.05) is 18.4 Å². The second kappa shape index (κ2) is 6.53. The standard InChI is InChI=1S/C18H20N4O4/c23-15-4-3-14(16(24)21-15)22-17(25)12-2-1-11(9-13(12)18(22)26)20-10-5-7-19-8-6-10/h1-2,9-10,14,19-20H,3-8H2,(H,21,23,24). The average molecular weight is 356 g/mol. The number of carbonyl (C=O) groups is 4. The monoisotopic (exact) mass is 356 g/mol. The van der Waals surface area contributed by atoms with Gasteiger partial charge in [-0.3, -0.25) is 29.4 Å². The van der Waals surface area contributed by atoms with Crippen LogP contribution in [-0.2, 0) is 9.59 Å². The van der Waals surface area contributed by atoms with Gasteiger partial charge in [0.2, 0.25) is 11.8 Å². The second-order valence-corrected chi connectivity index (χ2v) is 6.88. The van der Waals surface area contributed by atoms with Crippen molar-refractivity contribution in [3.05, 3.63) is 29.3 Å². The van der Waals surface area contributed by atoms with Crippen LogP contribution in [0, 0.1) is 0 Å². The third kappa shape index (κ3) is 2.86. The topological polar surface area (TPSA) is 108 Å². The SMILES string of the molecule is O=C1CCC(N2C(=O)c3ccc(NC4CCNCC4)cc3C2=O)C(=O)N1. The first-order valence-electron chi connectivity index (χ1n) is 8.87. The van der Waals surface area contributed by atoms with Gasteiger partial charge in [-0.25, -0.2) is 0 Å². The summed E-state index contributed by atoms with van der Waals surface area (Å²) >= 11 is 0. The Hall–Kier alpha value is -2.74. The van der Waals surface area contributed by atoms with Gasteiger partial charge in [-0.15, -0.1) is 0 Å². The largest absolute Gasteiger partial charge is 0.382 e. The normalized spacial score (nSPS) is 23.8. The van der Waals surface area contributed by atoms with E-state index in [1.807, 2.05) is 0 Å². The number of amides is 4. The molecule has 1 unspecified atom stereocenters. The highest BCUT2D eigenvalue weighted by molar-refractivity contribution is 6.23. The Balaban J connectivity index is 1.56. The Labute approximate surface area is 150 Å². The van der Waals surface area contributed by atoms with Gasteiger partial charge in [0.15, 0.2) is 0 Å². The van der Waals surface area contributed by atoms with Gasteiger partial charge in [0, 0.05) is 18.2 Å². The number of hydrogen-bond donors (Lipinski definition) is 3. The highest BCUT2D eigenvalue weighted by Gasteiger charge is 2.44. The molecule has 3 aliphatic heterocycles. The van der Waals surface area contributed by atoms with Crippen LogP contribution in [0.2, 0.25) is 0 Å². The molecule has 4 rings (SSSR count). The summed E-state index contributed by atoms with van der Waals surface area (Å²) in [6.07, 6.45) is 2.27. The minimum Gasteiger partial charge on any atom is -0.382 e. The number of anilines is 1. The lowest BCUT2D eigenvalue weighted by Crippen LogP contribution is -2.54. The molecular formula is C18H20N4O4. The predicted octanol–water partition coefficient (Wildman–Crippen LogP) is 0.252. The number of piperidine rings is 2. The number of imide groups is 2. The summed E-state index contributed by atoms with van der Waals surface area (Å²) in [6, 6.07) is 4.50. The fraction of sp³-hybridized carbons (Fsp3) is 0.444. The van der Waals surface area contributed by atoms with Gasteiger partial charge in [-0.05, 0) is 50.6 Å². The molecule has 1 aromatic rings. The van der Waals surface area contributed by atoms with Crippen LogP contribution < -0.4 is 16.0 Å². The van der Waals surface area contributed by atoms with Crippen LogP contribution in [0.25, 0.3) is 0 Å². The van der Waals surface area contributed by atoms with Gasteiger partial charge in [-0.1, -0.05) is 0 Å². The first kappa shape index (κ1) is 16.7. The second-order valence-electron chi connectivity index (χ2n) is 6.88. The van der Waals surface area contributed by atoms with E-state index in [2.05, 4.69) is 16.0 Å². The van der Waals surface area contributed by atoms with Crippen molar-refractivity contribution in [3.63, 3.8) is 0 Å². The summed E-state index contributed by atoms with van der Waals surface area (Å²) in [5.74, 6) is -1.93. The van der Waals surface area contributed by atoms with Gasteiger partial charge in [0.1, 0.15) is 6.04 Å². The number of nitrogens with one attached hydrogen (secondary N) is 3. The van der Waals surface area contributed by atoms with Crippen molar-refractivity contribution < 1.29 is 19.2 Å². The lowest BCUT2D eigenvalue weighted by molar-refractivity contribution is -0.136. The Bertz CT molecular complexity index is 800. The molecule has 2 saturated heterocycles. The van der Waals surface area contributed by atoms with E-state index < -0.39 is 23.8 Å². The molecule has 136 valence electrons. The van der Waals surface area contributed by atoms with E-state index >= 15 is 0 Å². The molecule has 3 N–H and O–H groups in total. The average Bonchev–Trinajstić information content (AvgIpc) is 2.87. The molecular weight excluding hydrogens is 336 g/mol. The molecule has 0 bridgehead atoms. The minimum atomic E-state index is -0.930. The van der Waals surface area contributed by atoms with Crippen LogP contribution >= 0.6 is 0 Å². The molecule has 1 atom stereocenters. The fourth-order valence-corrected chi connectivity index (χ4v) is 3.76. The van der Waals surface area contributed by atoms with E-state index in [1.54, 1.807) is 18.2 Å². The summed E-state index contributed by atoms with van der Waals surface area (Å²) in [4.78, 5) is 49.8. The van der Waals surface area contributed by atoms with Crippen LogP contribution in [0.15, 0.2) is 18.2 Å². The number of nitrogens with zero attached hydrogens (tertiary/aromatic N) is 1. The van der Waals surface area contributed by atoms with Crippen LogP contribution in [0.1, 0.15) is 46.4 Å². The fourth-order valence-electron chi connectivity index (χ4n) is 3.76. The van der Waals surface area contributed by atoms with E-state index in [0.717, 1.165) is 36.5 Å². The molecule has 0 spiro atoms. The molecule has 8 heteroatoms. The maximum atomic E-state index is 12.8. The molecule has 8 nitrogen and oxygen atoms in total. The molecule has 0 saturated carbocycles. The molecule has 3 heterocycles. The maximum Gasteiger partial charge on any atom is 0.262 e. The van der Waals surface area contributed by atoms with E-state index in [0.29, 0.717) is 17.2 Å². The van der Waals surface area contributed by atoms with Gasteiger partial charge >= 0.3 is 0 Å². The number of rotatable bonds is 3. The first-order chi connectivity index (χ1) is 12.5. The Morgan fingerprint density at radius 2 is 1.69 bits per heavy atom. The van der Waals surface area contributed by atoms with Gasteiger partial charge in [0.25, 0.3) is 11.8 Å². The Morgan fingerprint density at radius 1 is 0.962 bits per heavy atom. The van der Waals surface area contributed by atoms with Crippen molar-refractivity contribution >= 4 is 29.3 Å². The third-order valence-corrected chi connectivity index (χ3v) is 5.15. The van der Waals surface area contributed by atoms with Gasteiger partial charge in [0.05, 0.1) is 11.1 Å². The highest BCUT2D eigenvalue weighted by atomic mass is 16.2. The van der Waals surface area contributed by atoms with Crippen molar-refractivity contribution in [2.24, 2.45) is 0 Å². The van der Waals surface area contributed by atoms with E-state index in [9.17, 15) is 19.2 Å².